The number of esters is 1. The van der Waals surface area contributed by atoms with Gasteiger partial charge in [0.25, 0.3) is 10.0 Å². The zero-order chi connectivity index (χ0) is 17.2. The number of nitrogens with zero attached hydrogens (tertiary/aromatic N) is 1. The van der Waals surface area contributed by atoms with E-state index in [0.29, 0.717) is 10.0 Å². The number of ether oxygens (including phenoxy) is 1. The van der Waals surface area contributed by atoms with Crippen LogP contribution in [0, 0.1) is 0 Å². The van der Waals surface area contributed by atoms with E-state index in [4.69, 9.17) is 32.4 Å². The van der Waals surface area contributed by atoms with E-state index in [9.17, 15) is 13.2 Å². The zero-order valence-corrected chi connectivity index (χ0v) is 14.6. The molecule has 0 spiro atoms. The van der Waals surface area contributed by atoms with Crippen LogP contribution in [0.1, 0.15) is 16.1 Å². The molecule has 0 N–H and O–H groups in total. The third kappa shape index (κ3) is 4.26. The number of furan rings is 1. The molecule has 0 atom stereocenters. The summed E-state index contributed by atoms with van der Waals surface area (Å²) in [6, 6.07) is 7.05. The van der Waals surface area contributed by atoms with Gasteiger partial charge in [-0.3, -0.25) is 0 Å². The molecular weight excluding hydrogens is 365 g/mol. The van der Waals surface area contributed by atoms with E-state index in [1.165, 1.54) is 44.4 Å². The standard InChI is InChI=1S/C14H13Cl2NO5S/c1-17(2)23(19,20)13-4-3-12(22-13)8-21-14(18)9-5-10(15)7-11(16)6-9/h3-7H,8H2,1-2H3. The van der Waals surface area contributed by atoms with Crippen molar-refractivity contribution in [2.75, 3.05) is 14.1 Å². The minimum atomic E-state index is -3.67. The molecule has 2 aromatic rings. The lowest BCUT2D eigenvalue weighted by Crippen LogP contribution is -2.21. The highest BCUT2D eigenvalue weighted by atomic mass is 35.5. The van der Waals surface area contributed by atoms with Gasteiger partial charge in [0.15, 0.2) is 0 Å². The summed E-state index contributed by atoms with van der Waals surface area (Å²) in [4.78, 5) is 11.9. The SMILES string of the molecule is CN(C)S(=O)(=O)c1ccc(COC(=O)c2cc(Cl)cc(Cl)c2)o1. The summed E-state index contributed by atoms with van der Waals surface area (Å²) in [5, 5.41) is 0.392. The lowest BCUT2D eigenvalue weighted by molar-refractivity contribution is 0.0440. The van der Waals surface area contributed by atoms with Crippen LogP contribution in [0.3, 0.4) is 0 Å². The molecule has 6 nitrogen and oxygen atoms in total. The summed E-state index contributed by atoms with van der Waals surface area (Å²) >= 11 is 11.6. The molecule has 1 aromatic carbocycles. The molecule has 0 bridgehead atoms. The number of sulfonamides is 1. The highest BCUT2D eigenvalue weighted by Gasteiger charge is 2.22. The first-order valence-electron chi connectivity index (χ1n) is 6.34. The van der Waals surface area contributed by atoms with Gasteiger partial charge in [-0.1, -0.05) is 23.2 Å². The Kier molecular flexibility index (Phi) is 5.36. The van der Waals surface area contributed by atoms with E-state index < -0.39 is 16.0 Å². The van der Waals surface area contributed by atoms with Crippen molar-refractivity contribution in [2.45, 2.75) is 11.7 Å². The Balaban J connectivity index is 2.07. The summed E-state index contributed by atoms with van der Waals surface area (Å²) in [5.41, 5.74) is 0.190. The number of benzene rings is 1. The van der Waals surface area contributed by atoms with Gasteiger partial charge in [0.1, 0.15) is 12.4 Å². The number of carbonyl (C=O) groups is 1. The number of hydrogen-bond acceptors (Lipinski definition) is 5. The Morgan fingerprint density at radius 1 is 1.17 bits per heavy atom. The summed E-state index contributed by atoms with van der Waals surface area (Å²) in [6.45, 7) is -0.216. The molecule has 0 amide bonds. The van der Waals surface area contributed by atoms with Crippen molar-refractivity contribution in [1.29, 1.82) is 0 Å². The van der Waals surface area contributed by atoms with E-state index in [-0.39, 0.29) is 23.0 Å². The van der Waals surface area contributed by atoms with Crippen molar-refractivity contribution in [3.05, 3.63) is 51.7 Å². The third-order valence-corrected chi connectivity index (χ3v) is 4.94. The summed E-state index contributed by atoms with van der Waals surface area (Å²) in [7, 11) is -0.888. The summed E-state index contributed by atoms with van der Waals surface area (Å²) in [5.74, 6) is -0.449. The molecule has 2 rings (SSSR count). The predicted molar refractivity (Wildman–Crippen MR) is 85.2 cm³/mol. The molecule has 0 fully saturated rings. The number of hydrogen-bond donors (Lipinski definition) is 0. The van der Waals surface area contributed by atoms with Gasteiger partial charge in [-0.2, -0.15) is 0 Å². The number of carbonyl (C=O) groups excluding carboxylic acids is 1. The molecule has 1 aromatic heterocycles. The molecule has 0 saturated heterocycles. The molecule has 0 radical (unpaired) electrons. The maximum absolute atomic E-state index is 11.9. The summed E-state index contributed by atoms with van der Waals surface area (Å²) in [6.07, 6.45) is 0. The Labute approximate surface area is 143 Å². The lowest BCUT2D eigenvalue weighted by Gasteiger charge is -2.08. The van der Waals surface area contributed by atoms with Gasteiger partial charge < -0.3 is 9.15 Å². The van der Waals surface area contributed by atoms with E-state index in [1.54, 1.807) is 0 Å². The maximum atomic E-state index is 11.9. The summed E-state index contributed by atoms with van der Waals surface area (Å²) < 4.78 is 35.0. The Morgan fingerprint density at radius 2 is 1.78 bits per heavy atom. The van der Waals surface area contributed by atoms with Gasteiger partial charge in [-0.05, 0) is 30.3 Å². The highest BCUT2D eigenvalue weighted by Crippen LogP contribution is 2.21. The van der Waals surface area contributed by atoms with Crippen molar-refractivity contribution in [3.8, 4) is 0 Å². The van der Waals surface area contributed by atoms with E-state index in [0.717, 1.165) is 4.31 Å². The average Bonchev–Trinajstić information content (AvgIpc) is 2.93. The zero-order valence-electron chi connectivity index (χ0n) is 12.2. The van der Waals surface area contributed by atoms with E-state index in [1.807, 2.05) is 0 Å². The van der Waals surface area contributed by atoms with Gasteiger partial charge in [0, 0.05) is 24.1 Å². The molecule has 124 valence electrons. The molecule has 0 aliphatic carbocycles. The first-order chi connectivity index (χ1) is 10.7. The Morgan fingerprint density at radius 3 is 2.35 bits per heavy atom. The Hall–Kier alpha value is -1.54. The lowest BCUT2D eigenvalue weighted by atomic mass is 10.2. The smallest absolute Gasteiger partial charge is 0.338 e. The number of halogens is 2. The molecule has 0 aliphatic rings. The molecule has 1 heterocycles. The van der Waals surface area contributed by atoms with Crippen molar-refractivity contribution in [1.82, 2.24) is 4.31 Å². The molecule has 0 unspecified atom stereocenters. The van der Waals surface area contributed by atoms with Crippen LogP contribution in [0.2, 0.25) is 10.0 Å². The van der Waals surface area contributed by atoms with Gasteiger partial charge in [-0.25, -0.2) is 17.5 Å². The molecular formula is C14H13Cl2NO5S. The van der Waals surface area contributed by atoms with E-state index >= 15 is 0 Å². The topological polar surface area (TPSA) is 76.8 Å². The average molecular weight is 378 g/mol. The van der Waals surface area contributed by atoms with Gasteiger partial charge in [0.05, 0.1) is 5.56 Å². The molecule has 23 heavy (non-hydrogen) atoms. The molecule has 0 aliphatic heterocycles. The van der Waals surface area contributed by atoms with E-state index in [2.05, 4.69) is 0 Å². The van der Waals surface area contributed by atoms with Crippen molar-refractivity contribution >= 4 is 39.2 Å². The Bertz CT molecular complexity index is 809. The van der Waals surface area contributed by atoms with Gasteiger partial charge in [-0.15, -0.1) is 0 Å². The van der Waals surface area contributed by atoms with Gasteiger partial charge >= 0.3 is 5.97 Å². The van der Waals surface area contributed by atoms with Crippen LogP contribution in [-0.2, 0) is 21.4 Å². The van der Waals surface area contributed by atoms with Crippen LogP contribution in [0.5, 0.6) is 0 Å². The quantitative estimate of drug-likeness (QED) is 0.747. The van der Waals surface area contributed by atoms with Gasteiger partial charge in [0.2, 0.25) is 5.09 Å². The molecule has 9 heteroatoms. The van der Waals surface area contributed by atoms with Crippen LogP contribution >= 0.6 is 23.2 Å². The second-order valence-corrected chi connectivity index (χ2v) is 7.70. The van der Waals surface area contributed by atoms with Crippen LogP contribution in [0.15, 0.2) is 39.8 Å². The van der Waals surface area contributed by atoms with Crippen molar-refractivity contribution in [3.63, 3.8) is 0 Å². The normalized spacial score (nSPS) is 11.7. The minimum Gasteiger partial charge on any atom is -0.454 e. The second-order valence-electron chi connectivity index (χ2n) is 4.74. The minimum absolute atomic E-state index is 0.190. The molecule has 0 saturated carbocycles. The third-order valence-electron chi connectivity index (χ3n) is 2.82. The van der Waals surface area contributed by atoms with Crippen LogP contribution < -0.4 is 0 Å². The van der Waals surface area contributed by atoms with Crippen LogP contribution in [0.25, 0.3) is 0 Å². The monoisotopic (exact) mass is 377 g/mol. The fourth-order valence-corrected chi connectivity index (χ4v) is 2.98. The fourth-order valence-electron chi connectivity index (χ4n) is 1.65. The number of rotatable bonds is 5. The first kappa shape index (κ1) is 17.8. The largest absolute Gasteiger partial charge is 0.454 e. The van der Waals surface area contributed by atoms with Crippen molar-refractivity contribution in [2.24, 2.45) is 0 Å². The van der Waals surface area contributed by atoms with Crippen LogP contribution in [0.4, 0.5) is 0 Å². The van der Waals surface area contributed by atoms with Crippen LogP contribution in [-0.4, -0.2) is 32.8 Å². The van der Waals surface area contributed by atoms with Crippen molar-refractivity contribution < 1.29 is 22.4 Å². The highest BCUT2D eigenvalue weighted by molar-refractivity contribution is 7.88. The second kappa shape index (κ2) is 6.92. The fraction of sp³-hybridized carbons (Fsp3) is 0.214. The predicted octanol–water partition coefficient (Wildman–Crippen LogP) is 3.19. The maximum Gasteiger partial charge on any atom is 0.338 e. The first-order valence-corrected chi connectivity index (χ1v) is 8.54.